The van der Waals surface area contributed by atoms with Gasteiger partial charge in [-0.25, -0.2) is 0 Å². The summed E-state index contributed by atoms with van der Waals surface area (Å²) in [6.07, 6.45) is 0. The minimum atomic E-state index is 0.628. The van der Waals surface area contributed by atoms with Crippen LogP contribution in [0.2, 0.25) is 0 Å². The third kappa shape index (κ3) is 1.66. The Kier molecular flexibility index (Phi) is 2.60. The van der Waals surface area contributed by atoms with Gasteiger partial charge in [-0.1, -0.05) is 25.6 Å². The first-order chi connectivity index (χ1) is 4.74. The first-order valence-corrected chi connectivity index (χ1v) is 4.58. The molecule has 58 valence electrons. The lowest BCUT2D eigenvalue weighted by Crippen LogP contribution is -2.31. The highest BCUT2D eigenvalue weighted by molar-refractivity contribution is 8.14. The largest absolute Gasteiger partial charge is 0.361 e. The van der Waals surface area contributed by atoms with E-state index in [4.69, 9.17) is 0 Å². The van der Waals surface area contributed by atoms with Gasteiger partial charge >= 0.3 is 0 Å². The zero-order valence-electron chi connectivity index (χ0n) is 6.72. The first-order valence-electron chi connectivity index (χ1n) is 3.60. The van der Waals surface area contributed by atoms with Crippen LogP contribution in [0.1, 0.15) is 13.8 Å². The number of thioether (sulfide) groups is 1. The highest BCUT2D eigenvalue weighted by Crippen LogP contribution is 2.18. The fourth-order valence-corrected chi connectivity index (χ4v) is 2.07. The van der Waals surface area contributed by atoms with E-state index >= 15 is 0 Å². The highest BCUT2D eigenvalue weighted by atomic mass is 32.2. The fraction of sp³-hybridized carbons (Fsp3) is 0.857. The lowest BCUT2D eigenvalue weighted by atomic mass is 10.1. The van der Waals surface area contributed by atoms with Crippen LogP contribution < -0.4 is 5.32 Å². The topological polar surface area (TPSA) is 24.4 Å². The van der Waals surface area contributed by atoms with Gasteiger partial charge in [-0.15, -0.1) is 0 Å². The maximum absolute atomic E-state index is 4.09. The van der Waals surface area contributed by atoms with Crippen LogP contribution >= 0.6 is 11.8 Å². The number of aliphatic imine (C=N–C) groups is 1. The third-order valence-electron chi connectivity index (χ3n) is 1.72. The molecule has 1 aliphatic rings. The zero-order valence-corrected chi connectivity index (χ0v) is 7.53. The number of hydrogen-bond donors (Lipinski definition) is 1. The standard InChI is InChI=1S/C7H14N2S/c1-5(2)6-4-10-7(8-3)9-6/h5-6H,4H2,1-3H3,(H,8,9). The van der Waals surface area contributed by atoms with Crippen LogP contribution in [0.3, 0.4) is 0 Å². The van der Waals surface area contributed by atoms with E-state index in [1.54, 1.807) is 0 Å². The molecule has 1 N–H and O–H groups in total. The molecule has 0 amide bonds. The molecule has 1 heterocycles. The van der Waals surface area contributed by atoms with Crippen molar-refractivity contribution in [3.05, 3.63) is 0 Å². The van der Waals surface area contributed by atoms with E-state index in [0.29, 0.717) is 12.0 Å². The van der Waals surface area contributed by atoms with E-state index in [-0.39, 0.29) is 0 Å². The second kappa shape index (κ2) is 3.28. The molecule has 1 unspecified atom stereocenters. The Labute approximate surface area is 66.5 Å². The quantitative estimate of drug-likeness (QED) is 0.622. The molecular weight excluding hydrogens is 144 g/mol. The van der Waals surface area contributed by atoms with Gasteiger partial charge in [0.05, 0.1) is 0 Å². The highest BCUT2D eigenvalue weighted by Gasteiger charge is 2.21. The normalized spacial score (nSPS) is 29.6. The number of rotatable bonds is 1. The van der Waals surface area contributed by atoms with Crippen molar-refractivity contribution in [1.82, 2.24) is 5.32 Å². The summed E-state index contributed by atoms with van der Waals surface area (Å²) in [5.74, 6) is 1.89. The molecule has 2 nitrogen and oxygen atoms in total. The van der Waals surface area contributed by atoms with Gasteiger partial charge in [-0.3, -0.25) is 4.99 Å². The van der Waals surface area contributed by atoms with Gasteiger partial charge in [0.25, 0.3) is 0 Å². The van der Waals surface area contributed by atoms with Gasteiger partial charge in [0.1, 0.15) is 0 Å². The van der Waals surface area contributed by atoms with Gasteiger partial charge < -0.3 is 5.32 Å². The Balaban J connectivity index is 2.43. The predicted octanol–water partition coefficient (Wildman–Crippen LogP) is 1.33. The second-order valence-electron chi connectivity index (χ2n) is 2.83. The average Bonchev–Trinajstić information content (AvgIpc) is 2.34. The predicted molar refractivity (Wildman–Crippen MR) is 47.6 cm³/mol. The van der Waals surface area contributed by atoms with Crippen molar-refractivity contribution in [1.29, 1.82) is 0 Å². The van der Waals surface area contributed by atoms with Crippen LogP contribution in [0, 0.1) is 5.92 Å². The van der Waals surface area contributed by atoms with Crippen LogP contribution in [-0.4, -0.2) is 24.0 Å². The van der Waals surface area contributed by atoms with Crippen molar-refractivity contribution >= 4 is 16.9 Å². The molecule has 1 atom stereocenters. The molecule has 1 fully saturated rings. The molecule has 0 aromatic carbocycles. The molecule has 0 saturated carbocycles. The minimum Gasteiger partial charge on any atom is -0.361 e. The maximum atomic E-state index is 4.09. The van der Waals surface area contributed by atoms with Gasteiger partial charge in [0, 0.05) is 18.8 Å². The monoisotopic (exact) mass is 158 g/mol. The Morgan fingerprint density at radius 3 is 2.70 bits per heavy atom. The summed E-state index contributed by atoms with van der Waals surface area (Å²) in [5, 5.41) is 4.45. The summed E-state index contributed by atoms with van der Waals surface area (Å²) >= 11 is 1.82. The Morgan fingerprint density at radius 1 is 1.70 bits per heavy atom. The molecular formula is C7H14N2S. The van der Waals surface area contributed by atoms with Gasteiger partial charge in [0.2, 0.25) is 0 Å². The van der Waals surface area contributed by atoms with Crippen molar-refractivity contribution in [2.24, 2.45) is 10.9 Å². The van der Waals surface area contributed by atoms with Crippen LogP contribution in [-0.2, 0) is 0 Å². The minimum absolute atomic E-state index is 0.628. The van der Waals surface area contributed by atoms with E-state index in [1.165, 1.54) is 5.75 Å². The number of amidine groups is 1. The van der Waals surface area contributed by atoms with Crippen molar-refractivity contribution in [3.8, 4) is 0 Å². The van der Waals surface area contributed by atoms with Crippen LogP contribution in [0.15, 0.2) is 4.99 Å². The van der Waals surface area contributed by atoms with E-state index in [0.717, 1.165) is 5.17 Å². The molecule has 0 aromatic rings. The van der Waals surface area contributed by atoms with E-state index < -0.39 is 0 Å². The summed E-state index contributed by atoms with van der Waals surface area (Å²) in [6.45, 7) is 4.47. The molecule has 0 bridgehead atoms. The summed E-state index contributed by atoms with van der Waals surface area (Å²) in [7, 11) is 1.83. The van der Waals surface area contributed by atoms with E-state index in [9.17, 15) is 0 Å². The van der Waals surface area contributed by atoms with Crippen molar-refractivity contribution < 1.29 is 0 Å². The number of nitrogens with zero attached hydrogens (tertiary/aromatic N) is 1. The molecule has 1 rings (SSSR count). The van der Waals surface area contributed by atoms with Crippen molar-refractivity contribution in [2.45, 2.75) is 19.9 Å². The molecule has 10 heavy (non-hydrogen) atoms. The SMILES string of the molecule is CN=C1NC(C(C)C)CS1. The van der Waals surface area contributed by atoms with Gasteiger partial charge in [0.15, 0.2) is 5.17 Å². The Morgan fingerprint density at radius 2 is 2.40 bits per heavy atom. The van der Waals surface area contributed by atoms with E-state index in [2.05, 4.69) is 24.2 Å². The summed E-state index contributed by atoms with van der Waals surface area (Å²) < 4.78 is 0. The van der Waals surface area contributed by atoms with Crippen LogP contribution in [0.25, 0.3) is 0 Å². The molecule has 3 heteroatoms. The van der Waals surface area contributed by atoms with Gasteiger partial charge in [-0.2, -0.15) is 0 Å². The molecule has 0 aromatic heterocycles. The molecule has 1 aliphatic heterocycles. The fourth-order valence-electron chi connectivity index (χ4n) is 0.899. The number of nitrogens with one attached hydrogen (secondary N) is 1. The molecule has 0 radical (unpaired) electrons. The molecule has 0 spiro atoms. The number of hydrogen-bond acceptors (Lipinski definition) is 2. The van der Waals surface area contributed by atoms with Crippen LogP contribution in [0.4, 0.5) is 0 Å². The van der Waals surface area contributed by atoms with Crippen molar-refractivity contribution in [2.75, 3.05) is 12.8 Å². The molecule has 0 aliphatic carbocycles. The summed E-state index contributed by atoms with van der Waals surface area (Å²) in [5.41, 5.74) is 0. The Hall–Kier alpha value is -0.180. The van der Waals surface area contributed by atoms with Gasteiger partial charge in [-0.05, 0) is 5.92 Å². The second-order valence-corrected chi connectivity index (χ2v) is 3.84. The lowest BCUT2D eigenvalue weighted by Gasteiger charge is -2.12. The van der Waals surface area contributed by atoms with Crippen LogP contribution in [0.5, 0.6) is 0 Å². The summed E-state index contributed by atoms with van der Waals surface area (Å²) in [4.78, 5) is 4.09. The smallest absolute Gasteiger partial charge is 0.156 e. The van der Waals surface area contributed by atoms with Crippen molar-refractivity contribution in [3.63, 3.8) is 0 Å². The Bertz CT molecular complexity index is 143. The maximum Gasteiger partial charge on any atom is 0.156 e. The van der Waals surface area contributed by atoms with E-state index in [1.807, 2.05) is 18.8 Å². The third-order valence-corrected chi connectivity index (χ3v) is 2.82. The lowest BCUT2D eigenvalue weighted by molar-refractivity contribution is 0.503. The summed E-state index contributed by atoms with van der Waals surface area (Å²) in [6, 6.07) is 0.628. The molecule has 1 saturated heterocycles. The average molecular weight is 158 g/mol. The zero-order chi connectivity index (χ0) is 7.56. The first kappa shape index (κ1) is 7.92.